The van der Waals surface area contributed by atoms with Crippen LogP contribution in [-0.2, 0) is 15.5 Å². The molecule has 0 bridgehead atoms. The molecule has 8 heteroatoms. The standard InChI is InChI=1S/C22H35F2N3O3/c1-22(23,24)18-11-13-19(14-12-18)26-21(29)25-15-9-7-5-4-6-8-10-16-27(2)17-20(28)30-3/h11-14H,4-10,15-17H2,1-3H3,(H2,25,26,29). The van der Waals surface area contributed by atoms with Gasteiger partial charge in [-0.05, 0) is 38.6 Å². The van der Waals surface area contributed by atoms with E-state index in [1.54, 1.807) is 0 Å². The SMILES string of the molecule is COC(=O)CN(C)CCCCCCCCCNC(=O)Nc1ccc(C(C)(F)F)cc1. The highest BCUT2D eigenvalue weighted by Crippen LogP contribution is 2.27. The van der Waals surface area contributed by atoms with Crippen LogP contribution in [0.4, 0.5) is 19.3 Å². The fourth-order valence-electron chi connectivity index (χ4n) is 2.98. The summed E-state index contributed by atoms with van der Waals surface area (Å²) in [6, 6.07) is 5.24. The number of unbranched alkanes of at least 4 members (excludes halogenated alkanes) is 6. The highest BCUT2D eigenvalue weighted by atomic mass is 19.3. The lowest BCUT2D eigenvalue weighted by Crippen LogP contribution is -2.29. The number of hydrogen-bond donors (Lipinski definition) is 2. The Morgan fingerprint density at radius 2 is 1.57 bits per heavy atom. The first-order valence-corrected chi connectivity index (χ1v) is 10.5. The van der Waals surface area contributed by atoms with E-state index in [-0.39, 0.29) is 17.6 Å². The van der Waals surface area contributed by atoms with E-state index in [1.807, 2.05) is 11.9 Å². The first kappa shape index (κ1) is 25.8. The Hall–Kier alpha value is -2.22. The van der Waals surface area contributed by atoms with Crippen LogP contribution in [0.25, 0.3) is 0 Å². The molecule has 0 aliphatic heterocycles. The van der Waals surface area contributed by atoms with Crippen molar-refractivity contribution in [2.24, 2.45) is 0 Å². The number of nitrogens with zero attached hydrogens (tertiary/aromatic N) is 1. The summed E-state index contributed by atoms with van der Waals surface area (Å²) in [7, 11) is 3.31. The van der Waals surface area contributed by atoms with Crippen LogP contribution >= 0.6 is 0 Å². The van der Waals surface area contributed by atoms with Crippen molar-refractivity contribution in [3.63, 3.8) is 0 Å². The zero-order valence-electron chi connectivity index (χ0n) is 18.3. The van der Waals surface area contributed by atoms with Crippen molar-refractivity contribution in [1.29, 1.82) is 0 Å². The molecule has 0 aliphatic carbocycles. The van der Waals surface area contributed by atoms with Gasteiger partial charge in [0.05, 0.1) is 13.7 Å². The maximum Gasteiger partial charge on any atom is 0.319 e. The number of halogens is 2. The number of benzene rings is 1. The van der Waals surface area contributed by atoms with E-state index >= 15 is 0 Å². The maximum absolute atomic E-state index is 13.2. The molecule has 0 radical (unpaired) electrons. The molecular formula is C22H35F2N3O3. The number of hydrogen-bond acceptors (Lipinski definition) is 4. The molecule has 170 valence electrons. The Labute approximate surface area is 178 Å². The predicted molar refractivity (Wildman–Crippen MR) is 115 cm³/mol. The van der Waals surface area contributed by atoms with Gasteiger partial charge in [-0.1, -0.05) is 44.2 Å². The molecule has 0 fully saturated rings. The van der Waals surface area contributed by atoms with Gasteiger partial charge in [0, 0.05) is 24.7 Å². The van der Waals surface area contributed by atoms with Crippen LogP contribution in [-0.4, -0.2) is 50.7 Å². The van der Waals surface area contributed by atoms with Crippen molar-refractivity contribution in [2.45, 2.75) is 57.8 Å². The number of carbonyl (C=O) groups is 2. The van der Waals surface area contributed by atoms with E-state index in [0.29, 0.717) is 18.8 Å². The summed E-state index contributed by atoms with van der Waals surface area (Å²) in [5.41, 5.74) is 0.402. The monoisotopic (exact) mass is 427 g/mol. The molecule has 0 saturated heterocycles. The second-order valence-electron chi connectivity index (χ2n) is 7.64. The number of urea groups is 1. The number of amides is 2. The fraction of sp³-hybridized carbons (Fsp3) is 0.636. The van der Waals surface area contributed by atoms with Gasteiger partial charge in [0.15, 0.2) is 0 Å². The molecule has 2 amide bonds. The highest BCUT2D eigenvalue weighted by Gasteiger charge is 2.23. The van der Waals surface area contributed by atoms with Gasteiger partial charge < -0.3 is 15.4 Å². The van der Waals surface area contributed by atoms with E-state index in [4.69, 9.17) is 0 Å². The lowest BCUT2D eigenvalue weighted by Gasteiger charge is -2.14. The van der Waals surface area contributed by atoms with E-state index in [0.717, 1.165) is 58.4 Å². The van der Waals surface area contributed by atoms with Crippen LogP contribution in [0.3, 0.4) is 0 Å². The molecule has 0 spiro atoms. The molecule has 0 atom stereocenters. The first-order valence-electron chi connectivity index (χ1n) is 10.5. The van der Waals surface area contributed by atoms with Crippen molar-refractivity contribution in [1.82, 2.24) is 10.2 Å². The first-order chi connectivity index (χ1) is 14.2. The minimum Gasteiger partial charge on any atom is -0.468 e. The Bertz CT molecular complexity index is 634. The Morgan fingerprint density at radius 3 is 2.13 bits per heavy atom. The van der Waals surface area contributed by atoms with E-state index in [1.165, 1.54) is 31.4 Å². The Morgan fingerprint density at radius 1 is 1.00 bits per heavy atom. The number of anilines is 1. The lowest BCUT2D eigenvalue weighted by molar-refractivity contribution is -0.141. The Kier molecular flexibility index (Phi) is 12.0. The van der Waals surface area contributed by atoms with Gasteiger partial charge in [0.1, 0.15) is 0 Å². The highest BCUT2D eigenvalue weighted by molar-refractivity contribution is 5.89. The van der Waals surface area contributed by atoms with Crippen LogP contribution in [0, 0.1) is 0 Å². The summed E-state index contributed by atoms with van der Waals surface area (Å²) in [4.78, 5) is 24.9. The molecule has 1 aromatic carbocycles. The average Bonchev–Trinajstić information content (AvgIpc) is 2.69. The second-order valence-corrected chi connectivity index (χ2v) is 7.64. The summed E-state index contributed by atoms with van der Waals surface area (Å²) in [6.07, 6.45) is 7.57. The molecule has 6 nitrogen and oxygen atoms in total. The normalized spacial score (nSPS) is 11.4. The zero-order chi connectivity index (χ0) is 22.4. The van der Waals surface area contributed by atoms with Crippen LogP contribution in [0.1, 0.15) is 57.4 Å². The molecule has 0 heterocycles. The Balaban J connectivity index is 2.00. The van der Waals surface area contributed by atoms with Gasteiger partial charge in [-0.2, -0.15) is 0 Å². The number of rotatable bonds is 14. The fourth-order valence-corrected chi connectivity index (χ4v) is 2.98. The van der Waals surface area contributed by atoms with Crippen molar-refractivity contribution in [3.8, 4) is 0 Å². The zero-order valence-corrected chi connectivity index (χ0v) is 18.3. The van der Waals surface area contributed by atoms with Gasteiger partial charge in [-0.3, -0.25) is 9.69 Å². The topological polar surface area (TPSA) is 70.7 Å². The largest absolute Gasteiger partial charge is 0.468 e. The van der Waals surface area contributed by atoms with Gasteiger partial charge in [0.2, 0.25) is 0 Å². The van der Waals surface area contributed by atoms with Gasteiger partial charge in [-0.15, -0.1) is 0 Å². The average molecular weight is 428 g/mol. The van der Waals surface area contributed by atoms with E-state index in [9.17, 15) is 18.4 Å². The third-order valence-electron chi connectivity index (χ3n) is 4.78. The molecular weight excluding hydrogens is 392 g/mol. The summed E-state index contributed by atoms with van der Waals surface area (Å²) in [6.45, 7) is 2.64. The van der Waals surface area contributed by atoms with Gasteiger partial charge in [0.25, 0.3) is 5.92 Å². The molecule has 0 saturated carbocycles. The number of carbonyl (C=O) groups excluding carboxylic acids is 2. The van der Waals surface area contributed by atoms with Crippen LogP contribution < -0.4 is 10.6 Å². The van der Waals surface area contributed by atoms with Crippen LogP contribution in [0.2, 0.25) is 0 Å². The number of esters is 1. The molecule has 0 aromatic heterocycles. The quantitative estimate of drug-likeness (QED) is 0.332. The number of alkyl halides is 2. The predicted octanol–water partition coefficient (Wildman–Crippen LogP) is 4.76. The number of ether oxygens (including phenoxy) is 1. The maximum atomic E-state index is 13.2. The third-order valence-corrected chi connectivity index (χ3v) is 4.78. The number of methoxy groups -OCH3 is 1. The molecule has 2 N–H and O–H groups in total. The molecule has 1 aromatic rings. The smallest absolute Gasteiger partial charge is 0.319 e. The molecule has 30 heavy (non-hydrogen) atoms. The minimum atomic E-state index is -2.89. The summed E-state index contributed by atoms with van der Waals surface area (Å²) in [5.74, 6) is -3.10. The van der Waals surface area contributed by atoms with Crippen molar-refractivity contribution < 1.29 is 23.1 Å². The van der Waals surface area contributed by atoms with Crippen LogP contribution in [0.5, 0.6) is 0 Å². The summed E-state index contributed by atoms with van der Waals surface area (Å²) >= 11 is 0. The molecule has 0 aliphatic rings. The van der Waals surface area contributed by atoms with Crippen molar-refractivity contribution >= 4 is 17.7 Å². The second kappa shape index (κ2) is 13.9. The molecule has 1 rings (SSSR count). The third kappa shape index (κ3) is 11.7. The van der Waals surface area contributed by atoms with E-state index in [2.05, 4.69) is 15.4 Å². The molecule has 0 unspecified atom stereocenters. The van der Waals surface area contributed by atoms with Gasteiger partial charge in [-0.25, -0.2) is 13.6 Å². The summed E-state index contributed by atoms with van der Waals surface area (Å²) < 4.78 is 31.0. The van der Waals surface area contributed by atoms with Crippen LogP contribution in [0.15, 0.2) is 24.3 Å². The van der Waals surface area contributed by atoms with E-state index < -0.39 is 5.92 Å². The van der Waals surface area contributed by atoms with Gasteiger partial charge >= 0.3 is 12.0 Å². The number of likely N-dealkylation sites (N-methyl/N-ethyl adjacent to an activating group) is 1. The van der Waals surface area contributed by atoms with Crippen molar-refractivity contribution in [3.05, 3.63) is 29.8 Å². The van der Waals surface area contributed by atoms with Crippen molar-refractivity contribution in [2.75, 3.05) is 39.1 Å². The minimum absolute atomic E-state index is 0.0818. The summed E-state index contributed by atoms with van der Waals surface area (Å²) in [5, 5.41) is 5.42. The lowest BCUT2D eigenvalue weighted by atomic mass is 10.1. The number of nitrogens with one attached hydrogen (secondary N) is 2.